The van der Waals surface area contributed by atoms with E-state index in [0.717, 1.165) is 10.6 Å². The minimum Gasteiger partial charge on any atom is -0.340 e. The highest BCUT2D eigenvalue weighted by Gasteiger charge is 2.52. The molecule has 9 nitrogen and oxygen atoms in total. The average molecular weight is 498 g/mol. The molecule has 0 saturated carbocycles. The molecule has 1 atom stereocenters. The number of nitrogens with one attached hydrogen (secondary N) is 2. The fourth-order valence-corrected chi connectivity index (χ4v) is 4.68. The second-order valence-electron chi connectivity index (χ2n) is 8.66. The fourth-order valence-electron chi connectivity index (χ4n) is 4.47. The second-order valence-corrected chi connectivity index (χ2v) is 9.06. The quantitative estimate of drug-likeness (QED) is 0.569. The summed E-state index contributed by atoms with van der Waals surface area (Å²) in [5.41, 5.74) is 2.69. The number of rotatable bonds is 7. The SMILES string of the molecule is CCC1(c2ccccc2)NC(=O)N(NC(=O)CN2CCN(C(=O)Cc3ccccc3Cl)CC2)C1=O. The first-order chi connectivity index (χ1) is 16.8. The smallest absolute Gasteiger partial charge is 0.340 e. The summed E-state index contributed by atoms with van der Waals surface area (Å²) in [5, 5.41) is 4.07. The molecule has 2 aliphatic rings. The van der Waals surface area contributed by atoms with Gasteiger partial charge in [0.2, 0.25) is 5.91 Å². The molecular formula is C25H28ClN5O4. The van der Waals surface area contributed by atoms with Crippen LogP contribution in [0.1, 0.15) is 24.5 Å². The van der Waals surface area contributed by atoms with Crippen LogP contribution in [0.2, 0.25) is 5.02 Å². The Labute approximate surface area is 209 Å². The molecule has 2 aromatic carbocycles. The van der Waals surface area contributed by atoms with Gasteiger partial charge in [-0.1, -0.05) is 67.1 Å². The minimum atomic E-state index is -1.21. The predicted molar refractivity (Wildman–Crippen MR) is 130 cm³/mol. The molecule has 2 aliphatic heterocycles. The van der Waals surface area contributed by atoms with Crippen LogP contribution in [-0.4, -0.2) is 71.3 Å². The second kappa shape index (κ2) is 10.5. The minimum absolute atomic E-state index is 0.00800. The molecule has 2 fully saturated rings. The van der Waals surface area contributed by atoms with E-state index in [4.69, 9.17) is 11.6 Å². The van der Waals surface area contributed by atoms with Crippen molar-refractivity contribution in [1.82, 2.24) is 25.6 Å². The summed E-state index contributed by atoms with van der Waals surface area (Å²) in [4.78, 5) is 54.7. The first-order valence-electron chi connectivity index (χ1n) is 11.6. The normalized spacial score (nSPS) is 20.6. The third-order valence-corrected chi connectivity index (χ3v) is 6.89. The highest BCUT2D eigenvalue weighted by Crippen LogP contribution is 2.31. The molecule has 0 radical (unpaired) electrons. The Bertz CT molecular complexity index is 1120. The van der Waals surface area contributed by atoms with Crippen molar-refractivity contribution < 1.29 is 19.2 Å². The molecule has 0 aromatic heterocycles. The molecule has 184 valence electrons. The molecule has 1 unspecified atom stereocenters. The van der Waals surface area contributed by atoms with Crippen LogP contribution >= 0.6 is 11.6 Å². The topological polar surface area (TPSA) is 102 Å². The van der Waals surface area contributed by atoms with Crippen LogP contribution in [0.25, 0.3) is 0 Å². The lowest BCUT2D eigenvalue weighted by molar-refractivity contribution is -0.140. The lowest BCUT2D eigenvalue weighted by Gasteiger charge is -2.34. The van der Waals surface area contributed by atoms with Crippen LogP contribution in [0.3, 0.4) is 0 Å². The number of carbonyl (C=O) groups excluding carboxylic acids is 4. The molecule has 2 N–H and O–H groups in total. The molecule has 4 rings (SSSR count). The highest BCUT2D eigenvalue weighted by molar-refractivity contribution is 6.31. The number of hydrazine groups is 1. The number of hydrogen-bond acceptors (Lipinski definition) is 5. The predicted octanol–water partition coefficient (Wildman–Crippen LogP) is 1.92. The Morgan fingerprint density at radius 2 is 1.66 bits per heavy atom. The van der Waals surface area contributed by atoms with E-state index in [1.807, 2.05) is 36.1 Å². The maximum atomic E-state index is 13.1. The van der Waals surface area contributed by atoms with E-state index in [1.165, 1.54) is 0 Å². The van der Waals surface area contributed by atoms with Gasteiger partial charge in [-0.2, -0.15) is 5.01 Å². The Morgan fingerprint density at radius 1 is 1.00 bits per heavy atom. The van der Waals surface area contributed by atoms with Crippen molar-refractivity contribution in [2.45, 2.75) is 25.3 Å². The number of halogens is 1. The third kappa shape index (κ3) is 5.16. The van der Waals surface area contributed by atoms with Gasteiger partial charge in [-0.15, -0.1) is 0 Å². The number of piperazine rings is 1. The summed E-state index contributed by atoms with van der Waals surface area (Å²) in [6.45, 7) is 3.78. The molecule has 0 spiro atoms. The van der Waals surface area contributed by atoms with Crippen molar-refractivity contribution >= 4 is 35.4 Å². The van der Waals surface area contributed by atoms with E-state index in [1.54, 1.807) is 35.2 Å². The van der Waals surface area contributed by atoms with E-state index in [0.29, 0.717) is 43.2 Å². The van der Waals surface area contributed by atoms with Crippen molar-refractivity contribution in [2.75, 3.05) is 32.7 Å². The molecule has 0 bridgehead atoms. The monoisotopic (exact) mass is 497 g/mol. The van der Waals surface area contributed by atoms with Gasteiger partial charge >= 0.3 is 6.03 Å². The Kier molecular flexibility index (Phi) is 7.37. The van der Waals surface area contributed by atoms with Crippen LogP contribution in [-0.2, 0) is 26.3 Å². The first-order valence-corrected chi connectivity index (χ1v) is 12.0. The molecule has 0 aliphatic carbocycles. The largest absolute Gasteiger partial charge is 0.344 e. The van der Waals surface area contributed by atoms with E-state index in [9.17, 15) is 19.2 Å². The van der Waals surface area contributed by atoms with Crippen LogP contribution in [0.15, 0.2) is 54.6 Å². The van der Waals surface area contributed by atoms with Crippen molar-refractivity contribution in [2.24, 2.45) is 0 Å². The third-order valence-electron chi connectivity index (χ3n) is 6.52. The summed E-state index contributed by atoms with van der Waals surface area (Å²) in [5.74, 6) is -0.998. The van der Waals surface area contributed by atoms with Crippen LogP contribution in [0, 0.1) is 0 Å². The van der Waals surface area contributed by atoms with Crippen molar-refractivity contribution in [1.29, 1.82) is 0 Å². The molecular weight excluding hydrogens is 470 g/mol. The molecule has 2 aromatic rings. The van der Waals surface area contributed by atoms with Gasteiger partial charge in [-0.3, -0.25) is 24.7 Å². The van der Waals surface area contributed by atoms with Gasteiger partial charge in [0, 0.05) is 31.2 Å². The highest BCUT2D eigenvalue weighted by atomic mass is 35.5. The lowest BCUT2D eigenvalue weighted by atomic mass is 9.87. The maximum Gasteiger partial charge on any atom is 0.344 e. The zero-order valence-corrected chi connectivity index (χ0v) is 20.3. The summed E-state index contributed by atoms with van der Waals surface area (Å²) >= 11 is 6.16. The van der Waals surface area contributed by atoms with Crippen molar-refractivity contribution in [3.05, 3.63) is 70.7 Å². The molecule has 5 amide bonds. The van der Waals surface area contributed by atoms with Gasteiger partial charge in [0.15, 0.2) is 0 Å². The van der Waals surface area contributed by atoms with Gasteiger partial charge < -0.3 is 10.2 Å². The molecule has 35 heavy (non-hydrogen) atoms. The average Bonchev–Trinajstić information content (AvgIpc) is 3.11. The maximum absolute atomic E-state index is 13.1. The van der Waals surface area contributed by atoms with E-state index in [-0.39, 0.29) is 18.9 Å². The number of amides is 5. The summed E-state index contributed by atoms with van der Waals surface area (Å²) in [6, 6.07) is 15.6. The Hall–Kier alpha value is -3.43. The van der Waals surface area contributed by atoms with Crippen molar-refractivity contribution in [3.63, 3.8) is 0 Å². The van der Waals surface area contributed by atoms with Crippen LogP contribution < -0.4 is 10.7 Å². The zero-order chi connectivity index (χ0) is 25.0. The number of hydrogen-bond donors (Lipinski definition) is 2. The van der Waals surface area contributed by atoms with Crippen molar-refractivity contribution in [3.8, 4) is 0 Å². The molecule has 2 heterocycles. The number of benzene rings is 2. The molecule has 2 saturated heterocycles. The standard InChI is InChI=1S/C25H28ClN5O4/c1-2-25(19-9-4-3-5-10-19)23(34)31(24(35)27-25)28-21(32)17-29-12-14-30(15-13-29)22(33)16-18-8-6-7-11-20(18)26/h3-11H,2,12-17H2,1H3,(H,27,35)(H,28,32). The number of nitrogens with zero attached hydrogens (tertiary/aromatic N) is 3. The summed E-state index contributed by atoms with van der Waals surface area (Å²) < 4.78 is 0. The van der Waals surface area contributed by atoms with E-state index >= 15 is 0 Å². The van der Waals surface area contributed by atoms with E-state index in [2.05, 4.69) is 10.7 Å². The number of imide groups is 1. The van der Waals surface area contributed by atoms with Gasteiger partial charge in [0.1, 0.15) is 5.54 Å². The van der Waals surface area contributed by atoms with Gasteiger partial charge in [-0.25, -0.2) is 4.79 Å². The van der Waals surface area contributed by atoms with Gasteiger partial charge in [0.25, 0.3) is 11.8 Å². The van der Waals surface area contributed by atoms with Crippen LogP contribution in [0.4, 0.5) is 4.79 Å². The summed E-state index contributed by atoms with van der Waals surface area (Å²) in [6.07, 6.45) is 0.574. The Balaban J connectivity index is 1.29. The number of carbonyl (C=O) groups is 4. The lowest BCUT2D eigenvalue weighted by Crippen LogP contribution is -2.54. The fraction of sp³-hybridized carbons (Fsp3) is 0.360. The molecule has 10 heteroatoms. The van der Waals surface area contributed by atoms with Crippen LogP contribution in [0.5, 0.6) is 0 Å². The van der Waals surface area contributed by atoms with Gasteiger partial charge in [0.05, 0.1) is 13.0 Å². The Morgan fingerprint density at radius 3 is 2.31 bits per heavy atom. The first kappa shape index (κ1) is 24.7. The van der Waals surface area contributed by atoms with E-state index < -0.39 is 23.4 Å². The zero-order valence-electron chi connectivity index (χ0n) is 19.5. The number of urea groups is 1. The van der Waals surface area contributed by atoms with Gasteiger partial charge in [-0.05, 0) is 23.6 Å². The summed E-state index contributed by atoms with van der Waals surface area (Å²) in [7, 11) is 0.